The van der Waals surface area contributed by atoms with Crippen LogP contribution in [0.2, 0.25) is 0 Å². The van der Waals surface area contributed by atoms with Gasteiger partial charge in [-0.25, -0.2) is 4.98 Å². The van der Waals surface area contributed by atoms with E-state index < -0.39 is 5.97 Å². The minimum atomic E-state index is -0.959. The summed E-state index contributed by atoms with van der Waals surface area (Å²) >= 11 is 0. The summed E-state index contributed by atoms with van der Waals surface area (Å²) in [6.07, 6.45) is 2.78. The van der Waals surface area contributed by atoms with Gasteiger partial charge < -0.3 is 19.6 Å². The summed E-state index contributed by atoms with van der Waals surface area (Å²) < 4.78 is 6.07. The van der Waals surface area contributed by atoms with Gasteiger partial charge in [0.2, 0.25) is 5.91 Å². The number of fused-ring (bicyclic) bond motifs is 1. The van der Waals surface area contributed by atoms with E-state index in [9.17, 15) is 14.9 Å². The number of ether oxygens (including phenoxy) is 1. The highest BCUT2D eigenvalue weighted by molar-refractivity contribution is 5.81. The van der Waals surface area contributed by atoms with Gasteiger partial charge in [0.25, 0.3) is 0 Å². The number of carbonyl (C=O) groups excluding carboxylic acids is 1. The van der Waals surface area contributed by atoms with Crippen LogP contribution in [0.4, 0.5) is 5.82 Å². The highest BCUT2D eigenvalue weighted by atomic mass is 16.5. The largest absolute Gasteiger partial charge is 0.481 e. The first-order chi connectivity index (χ1) is 15.6. The lowest BCUT2D eigenvalue weighted by Gasteiger charge is -2.44. The van der Waals surface area contributed by atoms with Crippen molar-refractivity contribution >= 4 is 17.7 Å². The molecule has 2 aliphatic heterocycles. The lowest BCUT2D eigenvalue weighted by molar-refractivity contribution is -0.142. The molecule has 3 heterocycles. The molecule has 8 heteroatoms. The van der Waals surface area contributed by atoms with E-state index in [0.717, 1.165) is 35.5 Å². The van der Waals surface area contributed by atoms with Gasteiger partial charge in [-0.2, -0.15) is 5.26 Å². The molecule has 0 spiro atoms. The summed E-state index contributed by atoms with van der Waals surface area (Å²) in [5.74, 6) is 0.292. The van der Waals surface area contributed by atoms with Crippen molar-refractivity contribution in [1.82, 2.24) is 9.88 Å². The van der Waals surface area contributed by atoms with Crippen LogP contribution in [-0.2, 0) is 27.4 Å². The molecular formula is C25H34N4O4. The fourth-order valence-electron chi connectivity index (χ4n) is 5.06. The zero-order chi connectivity index (χ0) is 23.9. The van der Waals surface area contributed by atoms with E-state index in [1.54, 1.807) is 0 Å². The number of rotatable bonds is 6. The van der Waals surface area contributed by atoms with Crippen molar-refractivity contribution in [1.29, 1.82) is 5.26 Å². The van der Waals surface area contributed by atoms with Crippen LogP contribution in [0.15, 0.2) is 0 Å². The second-order valence-corrected chi connectivity index (χ2v) is 10.5. The molecule has 0 bridgehead atoms. The first kappa shape index (κ1) is 23.5. The third-order valence-corrected chi connectivity index (χ3v) is 7.07. The maximum absolute atomic E-state index is 12.8. The van der Waals surface area contributed by atoms with Crippen LogP contribution in [-0.4, -0.2) is 58.1 Å². The molecule has 1 aromatic rings. The Morgan fingerprint density at radius 2 is 1.97 bits per heavy atom. The van der Waals surface area contributed by atoms with Gasteiger partial charge in [-0.05, 0) is 38.2 Å². The van der Waals surface area contributed by atoms with Gasteiger partial charge in [-0.15, -0.1) is 0 Å². The van der Waals surface area contributed by atoms with Crippen LogP contribution < -0.4 is 4.90 Å². The van der Waals surface area contributed by atoms with Gasteiger partial charge in [-0.1, -0.05) is 13.8 Å². The number of aliphatic carboxylic acids is 1. The molecule has 1 atom stereocenters. The predicted octanol–water partition coefficient (Wildman–Crippen LogP) is 3.22. The molecule has 2 fully saturated rings. The fourth-order valence-corrected chi connectivity index (χ4v) is 5.06. The van der Waals surface area contributed by atoms with Crippen molar-refractivity contribution in [2.75, 3.05) is 24.5 Å². The van der Waals surface area contributed by atoms with Crippen LogP contribution in [0.3, 0.4) is 0 Å². The van der Waals surface area contributed by atoms with Gasteiger partial charge in [0, 0.05) is 44.0 Å². The number of hydrogen-bond donors (Lipinski definition) is 1. The molecule has 4 rings (SSSR count). The van der Waals surface area contributed by atoms with Crippen molar-refractivity contribution in [3.63, 3.8) is 0 Å². The Morgan fingerprint density at radius 3 is 2.58 bits per heavy atom. The van der Waals surface area contributed by atoms with Gasteiger partial charge >= 0.3 is 5.97 Å². The quantitative estimate of drug-likeness (QED) is 0.703. The summed E-state index contributed by atoms with van der Waals surface area (Å²) in [5.41, 5.74) is 3.56. The zero-order valence-electron chi connectivity index (χ0n) is 20.1. The van der Waals surface area contributed by atoms with E-state index in [2.05, 4.69) is 38.7 Å². The van der Waals surface area contributed by atoms with E-state index in [4.69, 9.17) is 14.8 Å². The van der Waals surface area contributed by atoms with Crippen LogP contribution in [0.1, 0.15) is 81.7 Å². The first-order valence-corrected chi connectivity index (χ1v) is 12.0. The lowest BCUT2D eigenvalue weighted by Crippen LogP contribution is -2.57. The normalized spacial score (nSPS) is 22.1. The Kier molecular flexibility index (Phi) is 6.37. The number of nitrogens with zero attached hydrogens (tertiary/aromatic N) is 4. The van der Waals surface area contributed by atoms with Gasteiger partial charge in [0.05, 0.1) is 35.9 Å². The smallest absolute Gasteiger partial charge is 0.303 e. The minimum absolute atomic E-state index is 0.0139. The van der Waals surface area contributed by atoms with Gasteiger partial charge in [-0.3, -0.25) is 9.59 Å². The Bertz CT molecular complexity index is 993. The Hall–Kier alpha value is -2.66. The summed E-state index contributed by atoms with van der Waals surface area (Å²) in [6.45, 7) is 10.4. The van der Waals surface area contributed by atoms with Crippen molar-refractivity contribution in [2.45, 2.75) is 84.0 Å². The second kappa shape index (κ2) is 8.94. The molecular weight excluding hydrogens is 420 g/mol. The topological polar surface area (TPSA) is 107 Å². The van der Waals surface area contributed by atoms with Crippen LogP contribution >= 0.6 is 0 Å². The molecule has 8 nitrogen and oxygen atoms in total. The van der Waals surface area contributed by atoms with Crippen molar-refractivity contribution in [3.8, 4) is 6.07 Å². The van der Waals surface area contributed by atoms with E-state index in [1.807, 2.05) is 4.90 Å². The Morgan fingerprint density at radius 1 is 1.24 bits per heavy atom. The highest BCUT2D eigenvalue weighted by Gasteiger charge is 2.39. The molecule has 178 valence electrons. The Balaban J connectivity index is 1.67. The highest BCUT2D eigenvalue weighted by Crippen LogP contribution is 2.46. The number of carboxylic acid groups (broad SMARTS) is 1. The number of hydrogen-bond acceptors (Lipinski definition) is 6. The lowest BCUT2D eigenvalue weighted by atomic mass is 9.87. The van der Waals surface area contributed by atoms with Gasteiger partial charge in [0.1, 0.15) is 11.9 Å². The van der Waals surface area contributed by atoms with E-state index >= 15 is 0 Å². The monoisotopic (exact) mass is 454 g/mol. The average Bonchev–Trinajstić information content (AvgIpc) is 3.60. The number of piperazine rings is 1. The van der Waals surface area contributed by atoms with Crippen LogP contribution in [0, 0.1) is 17.2 Å². The molecule has 33 heavy (non-hydrogen) atoms. The molecule has 1 saturated carbocycles. The van der Waals surface area contributed by atoms with Crippen molar-refractivity contribution < 1.29 is 19.4 Å². The van der Waals surface area contributed by atoms with E-state index in [1.165, 1.54) is 0 Å². The van der Waals surface area contributed by atoms with Gasteiger partial charge in [0.15, 0.2) is 0 Å². The average molecular weight is 455 g/mol. The maximum atomic E-state index is 12.8. The SMILES string of the molecule is CC(C)C1CN(c2nc(C3CC3)c3c(c2C#N)CC(C)(C)OC3)CCN1C(=O)CCC(=O)O. The molecule has 0 aromatic carbocycles. The number of carboxylic acids is 1. The van der Waals surface area contributed by atoms with Crippen molar-refractivity contribution in [2.24, 2.45) is 5.92 Å². The third-order valence-electron chi connectivity index (χ3n) is 7.07. The first-order valence-electron chi connectivity index (χ1n) is 12.0. The maximum Gasteiger partial charge on any atom is 0.303 e. The second-order valence-electron chi connectivity index (χ2n) is 10.5. The molecule has 3 aliphatic rings. The summed E-state index contributed by atoms with van der Waals surface area (Å²) in [5, 5.41) is 19.1. The molecule has 1 aromatic heterocycles. The summed E-state index contributed by atoms with van der Waals surface area (Å²) in [7, 11) is 0. The third kappa shape index (κ3) is 4.84. The number of aromatic nitrogens is 1. The Labute approximate surface area is 195 Å². The number of anilines is 1. The van der Waals surface area contributed by atoms with Crippen molar-refractivity contribution in [3.05, 3.63) is 22.4 Å². The molecule has 1 aliphatic carbocycles. The summed E-state index contributed by atoms with van der Waals surface area (Å²) in [4.78, 5) is 32.7. The zero-order valence-corrected chi connectivity index (χ0v) is 20.1. The number of carbonyl (C=O) groups is 2. The summed E-state index contributed by atoms with van der Waals surface area (Å²) in [6, 6.07) is 2.39. The number of pyridine rings is 1. The predicted molar refractivity (Wildman–Crippen MR) is 123 cm³/mol. The minimum Gasteiger partial charge on any atom is -0.481 e. The van der Waals surface area contributed by atoms with E-state index in [-0.39, 0.29) is 36.3 Å². The van der Waals surface area contributed by atoms with E-state index in [0.29, 0.717) is 44.1 Å². The van der Waals surface area contributed by atoms with Crippen LogP contribution in [0.25, 0.3) is 0 Å². The molecule has 1 unspecified atom stereocenters. The number of amides is 1. The van der Waals surface area contributed by atoms with Crippen LogP contribution in [0.5, 0.6) is 0 Å². The molecule has 1 saturated heterocycles. The molecule has 0 radical (unpaired) electrons. The fraction of sp³-hybridized carbons (Fsp3) is 0.680. The standard InChI is InChI=1S/C25H34N4O4/c1-15(2)20-13-28(9-10-29(20)21(30)7-8-22(31)32)24-18(12-26)17-11-25(3,4)33-14-19(17)23(27-24)16-5-6-16/h15-16,20H,5-11,13-14H2,1-4H3,(H,31,32). The molecule has 1 amide bonds. The molecule has 1 N–H and O–H groups in total. The number of nitriles is 1.